The molecule has 1 fully saturated rings. The van der Waals surface area contributed by atoms with E-state index in [1.54, 1.807) is 11.2 Å². The van der Waals surface area contributed by atoms with E-state index < -0.39 is 22.5 Å². The van der Waals surface area contributed by atoms with Crippen LogP contribution in [0.3, 0.4) is 0 Å². The Morgan fingerprint density at radius 2 is 1.89 bits per heavy atom. The van der Waals surface area contributed by atoms with Gasteiger partial charge in [-0.05, 0) is 75.8 Å². The molecule has 2 aliphatic carbocycles. The summed E-state index contributed by atoms with van der Waals surface area (Å²) >= 11 is 0. The molecule has 0 saturated carbocycles. The minimum absolute atomic E-state index is 0.165. The fourth-order valence-electron chi connectivity index (χ4n) is 6.24. The smallest absolute Gasteiger partial charge is 0.410 e. The van der Waals surface area contributed by atoms with Gasteiger partial charge >= 0.3 is 6.09 Å². The highest BCUT2D eigenvalue weighted by Gasteiger charge is 2.41. The molecule has 1 aromatic heterocycles. The van der Waals surface area contributed by atoms with Gasteiger partial charge < -0.3 is 14.5 Å². The molecule has 9 heteroatoms. The first kappa shape index (κ1) is 26.6. The first-order chi connectivity index (χ1) is 18.1. The molecule has 38 heavy (non-hydrogen) atoms. The van der Waals surface area contributed by atoms with E-state index in [0.717, 1.165) is 55.6 Å². The second-order valence-corrected chi connectivity index (χ2v) is 13.2. The van der Waals surface area contributed by atoms with E-state index in [0.29, 0.717) is 24.8 Å². The molecule has 1 spiro atoms. The minimum Gasteiger partial charge on any atom is -0.444 e. The van der Waals surface area contributed by atoms with Crippen LogP contribution >= 0.6 is 0 Å². The highest BCUT2D eigenvalue weighted by atomic mass is 32.2. The average Bonchev–Trinajstić information content (AvgIpc) is 2.87. The van der Waals surface area contributed by atoms with E-state index in [-0.39, 0.29) is 17.9 Å². The molecule has 5 rings (SSSR count). The second kappa shape index (κ2) is 10.3. The molecule has 3 aliphatic rings. The van der Waals surface area contributed by atoms with Gasteiger partial charge in [0.05, 0.1) is 35.0 Å². The Kier molecular flexibility index (Phi) is 7.21. The van der Waals surface area contributed by atoms with Gasteiger partial charge in [0.2, 0.25) is 5.16 Å². The first-order valence-electron chi connectivity index (χ1n) is 13.5. The third-order valence-electron chi connectivity index (χ3n) is 8.10. The maximum absolute atomic E-state index is 12.9. The van der Waals surface area contributed by atoms with Crippen molar-refractivity contribution in [3.8, 4) is 6.07 Å². The number of ether oxygens (including phenoxy) is 1. The molecule has 2 aromatic rings. The molecule has 1 amide bonds. The summed E-state index contributed by atoms with van der Waals surface area (Å²) in [5.74, 6) is 0.818. The Hall–Kier alpha value is -2.99. The molecule has 2 heterocycles. The molecule has 1 aliphatic heterocycles. The summed E-state index contributed by atoms with van der Waals surface area (Å²) in [5.41, 5.74) is 4.59. The van der Waals surface area contributed by atoms with Gasteiger partial charge in [-0.2, -0.15) is 5.26 Å². The average molecular weight is 536 g/mol. The molecule has 202 valence electrons. The van der Waals surface area contributed by atoms with Crippen molar-refractivity contribution in [2.75, 3.05) is 30.8 Å². The van der Waals surface area contributed by atoms with Crippen LogP contribution in [0.2, 0.25) is 0 Å². The van der Waals surface area contributed by atoms with Gasteiger partial charge in [-0.15, -0.1) is 0 Å². The maximum atomic E-state index is 12.9. The van der Waals surface area contributed by atoms with Gasteiger partial charge in [-0.25, -0.2) is 14.8 Å². The van der Waals surface area contributed by atoms with Crippen LogP contribution in [0, 0.1) is 16.7 Å². The van der Waals surface area contributed by atoms with E-state index in [1.165, 1.54) is 11.1 Å². The Morgan fingerprint density at radius 1 is 1.16 bits per heavy atom. The predicted octanol–water partition coefficient (Wildman–Crippen LogP) is 4.22. The van der Waals surface area contributed by atoms with Crippen molar-refractivity contribution in [2.45, 2.75) is 82.5 Å². The Bertz CT molecular complexity index is 1300. The standard InChI is InChI=1S/C29H37N5O3S/c1-28(2,3)37-27(35)34-16-15-33(19-22(34)11-14-30)25-23-10-13-29(18-24(23)31-26(32-25)38(4)36)12-9-20-7-5-6-8-21(20)17-29/h5-8,22H,9-13,15-19H2,1-4H3/t22-,29-,38?/m0/s1. The normalized spacial score (nSPS) is 23.8. The highest BCUT2D eigenvalue weighted by Crippen LogP contribution is 2.46. The molecular weight excluding hydrogens is 498 g/mol. The third kappa shape index (κ3) is 5.42. The van der Waals surface area contributed by atoms with Gasteiger partial charge in [0.15, 0.2) is 0 Å². The zero-order chi connectivity index (χ0) is 27.1. The predicted molar refractivity (Wildman–Crippen MR) is 146 cm³/mol. The summed E-state index contributed by atoms with van der Waals surface area (Å²) in [4.78, 5) is 26.4. The lowest BCUT2D eigenvalue weighted by Crippen LogP contribution is -2.56. The number of hydrogen-bond donors (Lipinski definition) is 0. The van der Waals surface area contributed by atoms with Crippen molar-refractivity contribution < 1.29 is 13.7 Å². The van der Waals surface area contributed by atoms with E-state index >= 15 is 0 Å². The lowest BCUT2D eigenvalue weighted by Gasteiger charge is -2.44. The maximum Gasteiger partial charge on any atom is 0.410 e. The number of carbonyl (C=O) groups excluding carboxylic acids is 1. The number of nitriles is 1. The highest BCUT2D eigenvalue weighted by molar-refractivity contribution is 7.84. The summed E-state index contributed by atoms with van der Waals surface area (Å²) in [6.45, 7) is 7.02. The third-order valence-corrected chi connectivity index (χ3v) is 8.80. The number of piperazine rings is 1. The van der Waals surface area contributed by atoms with Gasteiger partial charge in [0.25, 0.3) is 0 Å². The van der Waals surface area contributed by atoms with Crippen molar-refractivity contribution >= 4 is 22.7 Å². The summed E-state index contributed by atoms with van der Waals surface area (Å²) in [5, 5.41) is 9.87. The number of fused-ring (bicyclic) bond motifs is 2. The molecule has 1 unspecified atom stereocenters. The molecule has 1 aromatic carbocycles. The number of nitrogens with zero attached hydrogens (tertiary/aromatic N) is 5. The second-order valence-electron chi connectivity index (χ2n) is 12.0. The number of carbonyl (C=O) groups is 1. The quantitative estimate of drug-likeness (QED) is 0.543. The van der Waals surface area contributed by atoms with E-state index in [4.69, 9.17) is 14.7 Å². The van der Waals surface area contributed by atoms with Crippen LogP contribution in [0.1, 0.15) is 62.4 Å². The molecular formula is C29H37N5O3S. The zero-order valence-corrected chi connectivity index (χ0v) is 23.6. The van der Waals surface area contributed by atoms with Crippen molar-refractivity contribution in [1.29, 1.82) is 5.26 Å². The molecule has 8 nitrogen and oxygen atoms in total. The number of aryl methyl sites for hydroxylation is 1. The van der Waals surface area contributed by atoms with Crippen LogP contribution in [0.25, 0.3) is 0 Å². The van der Waals surface area contributed by atoms with E-state index in [9.17, 15) is 14.3 Å². The minimum atomic E-state index is -1.32. The lowest BCUT2D eigenvalue weighted by atomic mass is 9.63. The first-order valence-corrected chi connectivity index (χ1v) is 15.0. The van der Waals surface area contributed by atoms with E-state index in [1.807, 2.05) is 20.8 Å². The molecule has 0 N–H and O–H groups in total. The Labute approximate surface area is 227 Å². The number of rotatable bonds is 3. The van der Waals surface area contributed by atoms with Crippen LogP contribution in [0.5, 0.6) is 0 Å². The van der Waals surface area contributed by atoms with Crippen molar-refractivity contribution in [3.63, 3.8) is 0 Å². The fourth-order valence-corrected chi connectivity index (χ4v) is 6.69. The summed E-state index contributed by atoms with van der Waals surface area (Å²) in [6, 6.07) is 10.7. The summed E-state index contributed by atoms with van der Waals surface area (Å²) in [6.07, 6.45) is 7.50. The van der Waals surface area contributed by atoms with Crippen LogP contribution < -0.4 is 4.90 Å². The summed E-state index contributed by atoms with van der Waals surface area (Å²) in [7, 11) is -1.32. The lowest BCUT2D eigenvalue weighted by molar-refractivity contribution is 0.0144. The monoisotopic (exact) mass is 535 g/mol. The van der Waals surface area contributed by atoms with Crippen molar-refractivity contribution in [1.82, 2.24) is 14.9 Å². The Balaban J connectivity index is 1.43. The topological polar surface area (TPSA) is 99.4 Å². The molecule has 0 radical (unpaired) electrons. The van der Waals surface area contributed by atoms with Gasteiger partial charge in [0.1, 0.15) is 11.4 Å². The van der Waals surface area contributed by atoms with Crippen LogP contribution in [-0.4, -0.2) is 62.7 Å². The van der Waals surface area contributed by atoms with Gasteiger partial charge in [0, 0.05) is 31.5 Å². The van der Waals surface area contributed by atoms with Crippen molar-refractivity contribution in [2.24, 2.45) is 5.41 Å². The molecule has 1 saturated heterocycles. The number of hydrogen-bond acceptors (Lipinski definition) is 7. The van der Waals surface area contributed by atoms with E-state index in [2.05, 4.69) is 35.2 Å². The van der Waals surface area contributed by atoms with Gasteiger partial charge in [-0.1, -0.05) is 24.3 Å². The summed E-state index contributed by atoms with van der Waals surface area (Å²) < 4.78 is 18.2. The van der Waals surface area contributed by atoms with Gasteiger partial charge in [-0.3, -0.25) is 4.21 Å². The fraction of sp³-hybridized carbons (Fsp3) is 0.586. The largest absolute Gasteiger partial charge is 0.444 e. The number of anilines is 1. The zero-order valence-electron chi connectivity index (χ0n) is 22.8. The number of aromatic nitrogens is 2. The van der Waals surface area contributed by atoms with Crippen molar-refractivity contribution in [3.05, 3.63) is 46.6 Å². The van der Waals surface area contributed by atoms with Crippen LogP contribution in [-0.2, 0) is 41.2 Å². The SMILES string of the molecule is CS(=O)c1nc2c(c(N3CCN(C(=O)OC(C)(C)C)[C@@H](CC#N)C3)n1)CC[C@]1(CCc3ccccc3C1)C2. The Morgan fingerprint density at radius 3 is 2.61 bits per heavy atom. The number of benzene rings is 1. The van der Waals surface area contributed by atoms with Crippen LogP contribution in [0.4, 0.5) is 10.6 Å². The molecule has 0 bridgehead atoms. The molecule has 3 atom stereocenters. The van der Waals surface area contributed by atoms with Crippen LogP contribution in [0.15, 0.2) is 29.4 Å². The number of amides is 1.